The largest absolute Gasteiger partial charge is 0.463 e. The maximum absolute atomic E-state index is 13.1. The first kappa shape index (κ1) is 40.3. The minimum atomic E-state index is -2.53. The third kappa shape index (κ3) is 20.0. The number of hydrogen-bond acceptors (Lipinski definition) is 12. The van der Waals surface area contributed by atoms with Crippen LogP contribution in [0, 0.1) is 5.92 Å². The molecule has 1 unspecified atom stereocenters. The Hall–Kier alpha value is -0.720. The van der Waals surface area contributed by atoms with Gasteiger partial charge in [-0.2, -0.15) is 50.5 Å². The zero-order chi connectivity index (χ0) is 30.9. The number of ether oxygens (including phenoxy) is 4. The first-order valence-electron chi connectivity index (χ1n) is 14.9. The molecule has 8 nitrogen and oxygen atoms in total. The Labute approximate surface area is 269 Å². The van der Waals surface area contributed by atoms with Gasteiger partial charge in [0.2, 0.25) is 6.10 Å². The SMILES string of the molecule is CC(C)C(OC(=O)CCCCCS)C(OC(=O)CCCCCS)(OC(=O)CCCCCS)OC(=O)CCCCCS. The summed E-state index contributed by atoms with van der Waals surface area (Å²) in [7, 11) is 0. The van der Waals surface area contributed by atoms with Crippen LogP contribution >= 0.6 is 50.5 Å². The first-order valence-corrected chi connectivity index (χ1v) is 17.5. The van der Waals surface area contributed by atoms with Crippen molar-refractivity contribution < 1.29 is 38.1 Å². The summed E-state index contributed by atoms with van der Waals surface area (Å²) in [6.45, 7) is 3.43. The van der Waals surface area contributed by atoms with Crippen LogP contribution in [0.25, 0.3) is 0 Å². The summed E-state index contributed by atoms with van der Waals surface area (Å²) in [6.07, 6.45) is 7.27. The van der Waals surface area contributed by atoms with E-state index in [4.69, 9.17) is 18.9 Å². The quantitative estimate of drug-likeness (QED) is 0.0349. The Balaban J connectivity index is 6.16. The standard InChI is InChI=1S/C29H52O8S4/c1-23(2)28(34-24(30)15-7-3-11-19-38)29(35-25(31)16-8-4-12-20-39,36-26(32)17-9-5-13-21-40)37-27(33)18-10-6-14-22-41/h23,28,38-41H,3-22H2,1-2H3. The lowest BCUT2D eigenvalue weighted by atomic mass is 10.0. The maximum Gasteiger partial charge on any atom is 0.463 e. The second-order valence-corrected chi connectivity index (χ2v) is 12.1. The van der Waals surface area contributed by atoms with Crippen LogP contribution in [0.1, 0.15) is 117 Å². The first-order chi connectivity index (χ1) is 19.6. The Morgan fingerprint density at radius 3 is 1.05 bits per heavy atom. The summed E-state index contributed by atoms with van der Waals surface area (Å²) in [6, 6.07) is 0. The highest BCUT2D eigenvalue weighted by molar-refractivity contribution is 7.80. The lowest BCUT2D eigenvalue weighted by molar-refractivity contribution is -0.369. The fourth-order valence-corrected chi connectivity index (χ4v) is 4.81. The van der Waals surface area contributed by atoms with Crippen molar-refractivity contribution in [2.75, 3.05) is 23.0 Å². The van der Waals surface area contributed by atoms with E-state index < -0.39 is 41.9 Å². The number of esters is 4. The molecular weight excluding hydrogens is 605 g/mol. The fourth-order valence-electron chi connectivity index (χ4n) is 3.91. The van der Waals surface area contributed by atoms with Crippen LogP contribution < -0.4 is 0 Å². The van der Waals surface area contributed by atoms with Gasteiger partial charge >= 0.3 is 29.9 Å². The van der Waals surface area contributed by atoms with Crippen LogP contribution in [0.2, 0.25) is 0 Å². The molecule has 0 aromatic heterocycles. The number of unbranched alkanes of at least 4 members (excludes halogenated alkanes) is 8. The van der Waals surface area contributed by atoms with Crippen LogP contribution in [0.15, 0.2) is 0 Å². The van der Waals surface area contributed by atoms with Gasteiger partial charge in [-0.1, -0.05) is 39.5 Å². The molecule has 0 spiro atoms. The molecule has 0 saturated carbocycles. The fraction of sp³-hybridized carbons (Fsp3) is 0.862. The number of hydrogen-bond donors (Lipinski definition) is 4. The summed E-state index contributed by atoms with van der Waals surface area (Å²) in [4.78, 5) is 52.0. The Morgan fingerprint density at radius 1 is 0.488 bits per heavy atom. The molecule has 0 aliphatic carbocycles. The Bertz CT molecular complexity index is 671. The van der Waals surface area contributed by atoms with Gasteiger partial charge in [-0.25, -0.2) is 0 Å². The summed E-state index contributed by atoms with van der Waals surface area (Å²) in [5.41, 5.74) is 0. The van der Waals surface area contributed by atoms with Gasteiger partial charge in [0.25, 0.3) is 0 Å². The van der Waals surface area contributed by atoms with Crippen LogP contribution in [-0.2, 0) is 38.1 Å². The third-order valence-electron chi connectivity index (χ3n) is 6.14. The Morgan fingerprint density at radius 2 is 0.780 bits per heavy atom. The normalized spacial score (nSPS) is 12.2. The van der Waals surface area contributed by atoms with Crippen LogP contribution in [-0.4, -0.2) is 59.0 Å². The van der Waals surface area contributed by atoms with E-state index in [9.17, 15) is 19.2 Å². The number of thiol groups is 4. The molecule has 0 amide bonds. The molecule has 0 rings (SSSR count). The van der Waals surface area contributed by atoms with Crippen molar-refractivity contribution in [3.63, 3.8) is 0 Å². The van der Waals surface area contributed by atoms with E-state index in [1.54, 1.807) is 13.8 Å². The van der Waals surface area contributed by atoms with Crippen molar-refractivity contribution in [2.24, 2.45) is 5.92 Å². The lowest BCUT2D eigenvalue weighted by Gasteiger charge is -2.38. The second kappa shape index (κ2) is 25.7. The number of carbonyl (C=O) groups excluding carboxylic acids is 4. The summed E-state index contributed by atoms with van der Waals surface area (Å²) in [5, 5.41) is 0. The van der Waals surface area contributed by atoms with Crippen molar-refractivity contribution in [3.8, 4) is 0 Å². The van der Waals surface area contributed by atoms with Crippen LogP contribution in [0.3, 0.4) is 0 Å². The van der Waals surface area contributed by atoms with E-state index in [1.165, 1.54) is 0 Å². The van der Waals surface area contributed by atoms with Gasteiger partial charge in [0.15, 0.2) is 0 Å². The van der Waals surface area contributed by atoms with Gasteiger partial charge in [-0.05, 0) is 74.4 Å². The van der Waals surface area contributed by atoms with E-state index in [-0.39, 0.29) is 25.7 Å². The molecule has 0 heterocycles. The molecule has 0 saturated heterocycles. The van der Waals surface area contributed by atoms with E-state index >= 15 is 0 Å². The molecule has 0 bridgehead atoms. The molecule has 12 heteroatoms. The van der Waals surface area contributed by atoms with E-state index in [0.29, 0.717) is 48.7 Å². The van der Waals surface area contributed by atoms with Gasteiger partial charge in [-0.15, -0.1) is 0 Å². The van der Waals surface area contributed by atoms with Crippen molar-refractivity contribution >= 4 is 74.4 Å². The number of rotatable bonds is 26. The molecular formula is C29H52O8S4. The molecule has 0 fully saturated rings. The highest BCUT2D eigenvalue weighted by Gasteiger charge is 2.55. The summed E-state index contributed by atoms with van der Waals surface area (Å²) >= 11 is 16.8. The molecule has 0 aromatic carbocycles. The molecule has 0 N–H and O–H groups in total. The van der Waals surface area contributed by atoms with Crippen LogP contribution in [0.4, 0.5) is 0 Å². The second-order valence-electron chi connectivity index (χ2n) is 10.3. The minimum absolute atomic E-state index is 0.0109. The van der Waals surface area contributed by atoms with Gasteiger partial charge in [0.1, 0.15) is 0 Å². The lowest BCUT2D eigenvalue weighted by Crippen LogP contribution is -2.57. The predicted octanol–water partition coefficient (Wildman–Crippen LogP) is 6.80. The third-order valence-corrected chi connectivity index (χ3v) is 7.40. The van der Waals surface area contributed by atoms with E-state index in [2.05, 4.69) is 50.5 Å². The van der Waals surface area contributed by atoms with Gasteiger partial charge in [0.05, 0.1) is 0 Å². The molecule has 1 atom stereocenters. The van der Waals surface area contributed by atoms with Crippen molar-refractivity contribution in [2.45, 2.75) is 129 Å². The molecule has 0 radical (unpaired) electrons. The molecule has 0 aliphatic heterocycles. The van der Waals surface area contributed by atoms with Crippen molar-refractivity contribution in [3.05, 3.63) is 0 Å². The highest BCUT2D eigenvalue weighted by Crippen LogP contribution is 2.32. The van der Waals surface area contributed by atoms with E-state index in [1.807, 2.05) is 0 Å². The maximum atomic E-state index is 13.1. The zero-order valence-corrected chi connectivity index (χ0v) is 28.4. The van der Waals surface area contributed by atoms with Gasteiger partial charge < -0.3 is 18.9 Å². The topological polar surface area (TPSA) is 105 Å². The average Bonchev–Trinajstić information content (AvgIpc) is 2.92. The Kier molecular flexibility index (Phi) is 25.3. The zero-order valence-electron chi connectivity index (χ0n) is 24.9. The average molecular weight is 657 g/mol. The molecule has 41 heavy (non-hydrogen) atoms. The van der Waals surface area contributed by atoms with Gasteiger partial charge in [0, 0.05) is 31.6 Å². The molecule has 0 aliphatic rings. The van der Waals surface area contributed by atoms with Gasteiger partial charge in [-0.3, -0.25) is 19.2 Å². The monoisotopic (exact) mass is 656 g/mol. The smallest absolute Gasteiger partial charge is 0.449 e. The summed E-state index contributed by atoms with van der Waals surface area (Å²) in [5.74, 6) is -2.99. The van der Waals surface area contributed by atoms with E-state index in [0.717, 1.165) is 51.4 Å². The molecule has 240 valence electrons. The highest BCUT2D eigenvalue weighted by atomic mass is 32.1. The van der Waals surface area contributed by atoms with Crippen molar-refractivity contribution in [1.29, 1.82) is 0 Å². The van der Waals surface area contributed by atoms with Crippen LogP contribution in [0.5, 0.6) is 0 Å². The predicted molar refractivity (Wildman–Crippen MR) is 175 cm³/mol. The molecule has 0 aromatic rings. The number of carbonyl (C=O) groups is 4. The van der Waals surface area contributed by atoms with Crippen molar-refractivity contribution in [1.82, 2.24) is 0 Å². The minimum Gasteiger partial charge on any atom is -0.449 e. The summed E-state index contributed by atoms with van der Waals surface area (Å²) < 4.78 is 22.9.